The maximum atomic E-state index is 6.18. The van der Waals surface area contributed by atoms with Crippen LogP contribution < -0.4 is 0 Å². The normalized spacial score (nSPS) is 11.6. The first-order chi connectivity index (χ1) is 10.1. The van der Waals surface area contributed by atoms with Gasteiger partial charge < -0.3 is 4.42 Å². The summed E-state index contributed by atoms with van der Waals surface area (Å²) in [5.41, 5.74) is 3.90. The number of benzene rings is 2. The fourth-order valence-electron chi connectivity index (χ4n) is 2.36. The highest BCUT2D eigenvalue weighted by molar-refractivity contribution is 6.37. The number of fused-ring (bicyclic) bond motifs is 1. The van der Waals surface area contributed by atoms with Crippen LogP contribution in [0.1, 0.15) is 22.5 Å². The van der Waals surface area contributed by atoms with Gasteiger partial charge in [-0.15, -0.1) is 0 Å². The van der Waals surface area contributed by atoms with Gasteiger partial charge in [-0.2, -0.15) is 0 Å². The molecule has 0 radical (unpaired) electrons. The van der Waals surface area contributed by atoms with E-state index in [9.17, 15) is 0 Å². The van der Waals surface area contributed by atoms with Crippen molar-refractivity contribution in [3.05, 3.63) is 68.9 Å². The molecular weight excluding hydrogens is 303 g/mol. The predicted molar refractivity (Wildman–Crippen MR) is 91.1 cm³/mol. The van der Waals surface area contributed by atoms with Crippen LogP contribution in [0.15, 0.2) is 40.8 Å². The first-order valence-electron chi connectivity index (χ1n) is 6.68. The second kappa shape index (κ2) is 5.59. The van der Waals surface area contributed by atoms with Crippen molar-refractivity contribution in [2.24, 2.45) is 0 Å². The molecule has 21 heavy (non-hydrogen) atoms. The minimum atomic E-state index is 0.637. The maximum Gasteiger partial charge on any atom is 0.141 e. The van der Waals surface area contributed by atoms with Crippen LogP contribution in [0.2, 0.25) is 10.0 Å². The summed E-state index contributed by atoms with van der Waals surface area (Å²) in [5, 5.41) is 2.41. The third-order valence-electron chi connectivity index (χ3n) is 3.66. The van der Waals surface area contributed by atoms with Gasteiger partial charge in [-0.3, -0.25) is 0 Å². The van der Waals surface area contributed by atoms with E-state index in [-0.39, 0.29) is 0 Å². The second-order valence-electron chi connectivity index (χ2n) is 4.98. The van der Waals surface area contributed by atoms with Gasteiger partial charge in [0.2, 0.25) is 0 Å². The molecule has 0 aliphatic rings. The van der Waals surface area contributed by atoms with Gasteiger partial charge in [0.25, 0.3) is 0 Å². The molecule has 0 saturated carbocycles. The summed E-state index contributed by atoms with van der Waals surface area (Å²) >= 11 is 12.4. The minimum Gasteiger partial charge on any atom is -0.460 e. The molecule has 2 aromatic carbocycles. The van der Waals surface area contributed by atoms with Crippen LogP contribution in [0, 0.1) is 13.8 Å². The monoisotopic (exact) mass is 316 g/mol. The van der Waals surface area contributed by atoms with Crippen molar-refractivity contribution in [3.63, 3.8) is 0 Å². The highest BCUT2D eigenvalue weighted by atomic mass is 35.5. The molecule has 1 nitrogen and oxygen atoms in total. The van der Waals surface area contributed by atoms with Crippen LogP contribution in [0.5, 0.6) is 0 Å². The SMILES string of the molecule is Cc1oc2c(/C=C/c3c(Cl)cccc3Cl)cccc2c1C. The van der Waals surface area contributed by atoms with E-state index in [1.54, 1.807) is 0 Å². The van der Waals surface area contributed by atoms with Crippen LogP contribution in [-0.4, -0.2) is 0 Å². The van der Waals surface area contributed by atoms with E-state index in [1.807, 2.05) is 49.4 Å². The van der Waals surface area contributed by atoms with E-state index < -0.39 is 0 Å². The topological polar surface area (TPSA) is 13.1 Å². The second-order valence-corrected chi connectivity index (χ2v) is 5.79. The molecule has 0 amide bonds. The van der Waals surface area contributed by atoms with Crippen molar-refractivity contribution in [2.45, 2.75) is 13.8 Å². The van der Waals surface area contributed by atoms with E-state index in [0.717, 1.165) is 27.9 Å². The fraction of sp³-hybridized carbons (Fsp3) is 0.111. The smallest absolute Gasteiger partial charge is 0.141 e. The van der Waals surface area contributed by atoms with Crippen molar-refractivity contribution in [1.82, 2.24) is 0 Å². The van der Waals surface area contributed by atoms with Crippen molar-refractivity contribution in [3.8, 4) is 0 Å². The molecule has 106 valence electrons. The van der Waals surface area contributed by atoms with E-state index in [1.165, 1.54) is 5.56 Å². The van der Waals surface area contributed by atoms with Crippen LogP contribution >= 0.6 is 23.2 Å². The molecule has 0 N–H and O–H groups in total. The lowest BCUT2D eigenvalue weighted by atomic mass is 10.1. The molecule has 3 heteroatoms. The summed E-state index contributed by atoms with van der Waals surface area (Å²) in [5.74, 6) is 0.946. The minimum absolute atomic E-state index is 0.637. The Morgan fingerprint density at radius 3 is 2.29 bits per heavy atom. The number of rotatable bonds is 2. The Morgan fingerprint density at radius 2 is 1.57 bits per heavy atom. The molecule has 0 atom stereocenters. The highest BCUT2D eigenvalue weighted by Gasteiger charge is 2.09. The van der Waals surface area contributed by atoms with E-state index in [2.05, 4.69) is 13.0 Å². The summed E-state index contributed by atoms with van der Waals surface area (Å²) in [7, 11) is 0. The van der Waals surface area contributed by atoms with Crippen LogP contribution in [0.4, 0.5) is 0 Å². The third kappa shape index (κ3) is 2.59. The zero-order valence-electron chi connectivity index (χ0n) is 11.8. The number of halogens is 2. The summed E-state index contributed by atoms with van der Waals surface area (Å²) in [4.78, 5) is 0. The average molecular weight is 317 g/mol. The fourth-order valence-corrected chi connectivity index (χ4v) is 2.88. The van der Waals surface area contributed by atoms with Gasteiger partial charge in [-0.05, 0) is 31.5 Å². The van der Waals surface area contributed by atoms with Gasteiger partial charge >= 0.3 is 0 Å². The zero-order chi connectivity index (χ0) is 15.0. The summed E-state index contributed by atoms with van der Waals surface area (Å²) < 4.78 is 5.86. The lowest BCUT2D eigenvalue weighted by Gasteiger charge is -2.01. The Morgan fingerprint density at radius 1 is 0.905 bits per heavy atom. The van der Waals surface area contributed by atoms with Crippen molar-refractivity contribution >= 4 is 46.3 Å². The molecule has 1 aromatic heterocycles. The van der Waals surface area contributed by atoms with Crippen LogP contribution in [-0.2, 0) is 0 Å². The predicted octanol–water partition coefficient (Wildman–Crippen LogP) is 6.53. The maximum absolute atomic E-state index is 6.18. The molecule has 3 aromatic rings. The molecule has 0 fully saturated rings. The Labute approximate surface area is 133 Å². The summed E-state index contributed by atoms with van der Waals surface area (Å²) in [6.07, 6.45) is 3.91. The molecular formula is C18H14Cl2O. The summed E-state index contributed by atoms with van der Waals surface area (Å²) in [6.45, 7) is 4.05. The van der Waals surface area contributed by atoms with E-state index in [4.69, 9.17) is 27.6 Å². The largest absolute Gasteiger partial charge is 0.460 e. The lowest BCUT2D eigenvalue weighted by molar-refractivity contribution is 0.574. The Hall–Kier alpha value is -1.70. The van der Waals surface area contributed by atoms with Gasteiger partial charge in [0, 0.05) is 26.6 Å². The van der Waals surface area contributed by atoms with Gasteiger partial charge in [0.1, 0.15) is 11.3 Å². The molecule has 0 aliphatic heterocycles. The van der Waals surface area contributed by atoms with Crippen LogP contribution in [0.25, 0.3) is 23.1 Å². The van der Waals surface area contributed by atoms with Gasteiger partial charge in [-0.25, -0.2) is 0 Å². The number of hydrogen-bond acceptors (Lipinski definition) is 1. The zero-order valence-corrected chi connectivity index (χ0v) is 13.3. The molecule has 0 aliphatic carbocycles. The number of hydrogen-bond donors (Lipinski definition) is 0. The van der Waals surface area contributed by atoms with Crippen molar-refractivity contribution in [1.29, 1.82) is 0 Å². The Kier molecular flexibility index (Phi) is 3.79. The average Bonchev–Trinajstić information content (AvgIpc) is 2.75. The standard InChI is InChI=1S/C18H14Cl2O/c1-11-12(2)21-18-13(5-3-6-14(11)18)9-10-15-16(19)7-4-8-17(15)20/h3-10H,1-2H3/b10-9+. The Bertz CT molecular complexity index is 824. The van der Waals surface area contributed by atoms with Gasteiger partial charge in [0.05, 0.1) is 0 Å². The number of furan rings is 1. The molecule has 1 heterocycles. The summed E-state index contributed by atoms with van der Waals surface area (Å²) in [6, 6.07) is 11.6. The molecule has 0 bridgehead atoms. The van der Waals surface area contributed by atoms with Crippen molar-refractivity contribution in [2.75, 3.05) is 0 Å². The van der Waals surface area contributed by atoms with Gasteiger partial charge in [0.15, 0.2) is 0 Å². The van der Waals surface area contributed by atoms with E-state index >= 15 is 0 Å². The van der Waals surface area contributed by atoms with Crippen molar-refractivity contribution < 1.29 is 4.42 Å². The van der Waals surface area contributed by atoms with Gasteiger partial charge in [-0.1, -0.05) is 59.6 Å². The molecule has 0 unspecified atom stereocenters. The first kappa shape index (κ1) is 14.2. The quantitative estimate of drug-likeness (QED) is 0.490. The first-order valence-corrected chi connectivity index (χ1v) is 7.44. The molecule has 3 rings (SSSR count). The molecule has 0 saturated heterocycles. The number of aryl methyl sites for hydroxylation is 2. The number of para-hydroxylation sites is 1. The molecule has 0 spiro atoms. The third-order valence-corrected chi connectivity index (χ3v) is 4.32. The van der Waals surface area contributed by atoms with Crippen LogP contribution in [0.3, 0.4) is 0 Å². The highest BCUT2D eigenvalue weighted by Crippen LogP contribution is 2.30. The van der Waals surface area contributed by atoms with E-state index in [0.29, 0.717) is 10.0 Å². The lowest BCUT2D eigenvalue weighted by Crippen LogP contribution is -1.78. The Balaban J connectivity index is 2.10.